The number of nitrogens with one attached hydrogen (secondary N) is 4. The van der Waals surface area contributed by atoms with E-state index in [-0.39, 0.29) is 31.3 Å². The molecular formula is C33H49N5O9. The molecule has 47 heavy (non-hydrogen) atoms. The summed E-state index contributed by atoms with van der Waals surface area (Å²) in [5, 5.41) is 21.2. The Labute approximate surface area is 276 Å². The number of carbonyl (C=O) groups is 4. The van der Waals surface area contributed by atoms with E-state index in [1.807, 2.05) is 30.3 Å². The summed E-state index contributed by atoms with van der Waals surface area (Å²) in [6.45, 7) is 7.06. The van der Waals surface area contributed by atoms with Crippen LogP contribution in [0.2, 0.25) is 0 Å². The van der Waals surface area contributed by atoms with Crippen LogP contribution in [0.5, 0.6) is 11.5 Å². The van der Waals surface area contributed by atoms with Gasteiger partial charge in [0.05, 0.1) is 40.6 Å². The molecule has 14 nitrogen and oxygen atoms in total. The van der Waals surface area contributed by atoms with E-state index in [0.717, 1.165) is 5.56 Å². The highest BCUT2D eigenvalue weighted by Crippen LogP contribution is 2.28. The average molecular weight is 660 g/mol. The summed E-state index contributed by atoms with van der Waals surface area (Å²) < 4.78 is 20.2. The second kappa shape index (κ2) is 19.2. The number of ether oxygens (including phenoxy) is 4. The third-order valence-corrected chi connectivity index (χ3v) is 7.40. The van der Waals surface area contributed by atoms with E-state index in [0.29, 0.717) is 17.1 Å². The van der Waals surface area contributed by atoms with E-state index in [2.05, 4.69) is 21.4 Å². The van der Waals surface area contributed by atoms with E-state index < -0.39 is 48.2 Å². The Morgan fingerprint density at radius 1 is 0.723 bits per heavy atom. The van der Waals surface area contributed by atoms with Crippen molar-refractivity contribution < 1.29 is 43.2 Å². The summed E-state index contributed by atoms with van der Waals surface area (Å²) in [5.41, 5.74) is 4.38. The molecule has 2 aromatic rings. The minimum absolute atomic E-state index is 0.108. The summed E-state index contributed by atoms with van der Waals surface area (Å²) in [4.78, 5) is 51.0. The number of aliphatic hydroxyl groups excluding tert-OH is 1. The van der Waals surface area contributed by atoms with Crippen molar-refractivity contribution in [3.8, 4) is 11.5 Å². The monoisotopic (exact) mass is 659 g/mol. The van der Waals surface area contributed by atoms with E-state index in [4.69, 9.17) is 18.9 Å². The fraction of sp³-hybridized carbons (Fsp3) is 0.515. The molecule has 0 radical (unpaired) electrons. The molecule has 0 saturated carbocycles. The Morgan fingerprint density at radius 3 is 1.79 bits per heavy atom. The fourth-order valence-electron chi connectivity index (χ4n) is 4.79. The molecular weight excluding hydrogens is 610 g/mol. The van der Waals surface area contributed by atoms with Crippen LogP contribution in [-0.2, 0) is 32.0 Å². The molecule has 2 rings (SSSR count). The fourth-order valence-corrected chi connectivity index (χ4v) is 4.79. The molecule has 0 unspecified atom stereocenters. The lowest BCUT2D eigenvalue weighted by molar-refractivity contribution is -0.131. The molecule has 0 heterocycles. The molecule has 0 aromatic heterocycles. The van der Waals surface area contributed by atoms with Crippen LogP contribution in [0, 0.1) is 11.8 Å². The third kappa shape index (κ3) is 12.3. The summed E-state index contributed by atoms with van der Waals surface area (Å²) in [5.74, 6) is -0.662. The van der Waals surface area contributed by atoms with Crippen LogP contribution in [-0.4, -0.2) is 93.3 Å². The van der Waals surface area contributed by atoms with E-state index in [1.54, 1.807) is 45.9 Å². The molecule has 0 aliphatic rings. The summed E-state index contributed by atoms with van der Waals surface area (Å²) in [7, 11) is 5.44. The number of carbonyl (C=O) groups excluding carboxylic acids is 4. The number of hydrogen-bond acceptors (Lipinski definition) is 10. The normalized spacial score (nSPS) is 13.6. The molecule has 5 N–H and O–H groups in total. The third-order valence-electron chi connectivity index (χ3n) is 7.40. The Kier molecular flexibility index (Phi) is 15.8. The highest BCUT2D eigenvalue weighted by molar-refractivity contribution is 5.86. The van der Waals surface area contributed by atoms with Crippen molar-refractivity contribution in [2.45, 2.75) is 64.9 Å². The van der Waals surface area contributed by atoms with Gasteiger partial charge in [-0.15, -0.1) is 0 Å². The average Bonchev–Trinajstić information content (AvgIpc) is 3.05. The number of hydrogen-bond donors (Lipinski definition) is 5. The summed E-state index contributed by atoms with van der Waals surface area (Å²) >= 11 is 0. The van der Waals surface area contributed by atoms with Crippen LogP contribution in [0.25, 0.3) is 0 Å². The first-order chi connectivity index (χ1) is 22.3. The first kappa shape index (κ1) is 38.6. The molecule has 0 saturated heterocycles. The Morgan fingerprint density at radius 2 is 1.28 bits per heavy atom. The molecule has 0 aliphatic heterocycles. The second-order valence-corrected chi connectivity index (χ2v) is 11.6. The van der Waals surface area contributed by atoms with Crippen LogP contribution in [0.15, 0.2) is 48.5 Å². The first-order valence-electron chi connectivity index (χ1n) is 15.3. The highest BCUT2D eigenvalue weighted by Gasteiger charge is 2.32. The van der Waals surface area contributed by atoms with Crippen molar-refractivity contribution >= 4 is 24.0 Å². The molecule has 0 fully saturated rings. The zero-order valence-corrected chi connectivity index (χ0v) is 28.4. The van der Waals surface area contributed by atoms with Gasteiger partial charge in [-0.3, -0.25) is 15.0 Å². The number of amides is 4. The molecule has 4 amide bonds. The maximum Gasteiger partial charge on any atom is 0.407 e. The lowest BCUT2D eigenvalue weighted by Crippen LogP contribution is -2.59. The van der Waals surface area contributed by atoms with Crippen LogP contribution in [0.4, 0.5) is 9.59 Å². The number of alkyl carbamates (subject to hydrolysis) is 2. The van der Waals surface area contributed by atoms with Crippen molar-refractivity contribution in [2.24, 2.45) is 11.8 Å². The number of rotatable bonds is 17. The summed E-state index contributed by atoms with van der Waals surface area (Å²) in [6.07, 6.45) is -2.51. The van der Waals surface area contributed by atoms with Gasteiger partial charge >= 0.3 is 12.2 Å². The van der Waals surface area contributed by atoms with Crippen molar-refractivity contribution in [3.63, 3.8) is 0 Å². The van der Waals surface area contributed by atoms with Gasteiger partial charge in [0.1, 0.15) is 12.1 Å². The van der Waals surface area contributed by atoms with Gasteiger partial charge in [0, 0.05) is 13.1 Å². The first-order valence-corrected chi connectivity index (χ1v) is 15.3. The minimum atomic E-state index is -1.23. The number of benzene rings is 2. The van der Waals surface area contributed by atoms with Gasteiger partial charge in [0.15, 0.2) is 11.5 Å². The predicted octanol–water partition coefficient (Wildman–Crippen LogP) is 2.39. The quantitative estimate of drug-likeness (QED) is 0.159. The highest BCUT2D eigenvalue weighted by atomic mass is 16.5. The lowest BCUT2D eigenvalue weighted by Gasteiger charge is -2.33. The maximum absolute atomic E-state index is 13.5. The Balaban J connectivity index is 2.45. The molecule has 260 valence electrons. The molecule has 0 spiro atoms. The van der Waals surface area contributed by atoms with Crippen LogP contribution in [0.3, 0.4) is 0 Å². The topological polar surface area (TPSA) is 177 Å². The van der Waals surface area contributed by atoms with Gasteiger partial charge in [-0.05, 0) is 41.5 Å². The predicted molar refractivity (Wildman–Crippen MR) is 175 cm³/mol. The maximum atomic E-state index is 13.5. The summed E-state index contributed by atoms with van der Waals surface area (Å²) in [6, 6.07) is 11.8. The smallest absolute Gasteiger partial charge is 0.407 e. The molecule has 2 aromatic carbocycles. The Hall–Kier alpha value is -4.56. The second-order valence-electron chi connectivity index (χ2n) is 11.6. The molecule has 4 atom stereocenters. The van der Waals surface area contributed by atoms with E-state index in [9.17, 15) is 24.3 Å². The van der Waals surface area contributed by atoms with Gasteiger partial charge in [-0.1, -0.05) is 64.1 Å². The van der Waals surface area contributed by atoms with Crippen molar-refractivity contribution in [3.05, 3.63) is 59.7 Å². The van der Waals surface area contributed by atoms with Crippen LogP contribution >= 0.6 is 0 Å². The van der Waals surface area contributed by atoms with Gasteiger partial charge < -0.3 is 40.0 Å². The SMILES string of the molecule is COC(=O)N[C@H](C(=O)N[C@@H](Cc1ccccc1)[C@@H](O)CN(Cc1ccc(OC)c(OC)c1)NC(=O)[C@@H](NC(=O)OC)C(C)C)C(C)C. The van der Waals surface area contributed by atoms with Gasteiger partial charge in [0.2, 0.25) is 5.91 Å². The van der Waals surface area contributed by atoms with E-state index >= 15 is 0 Å². The largest absolute Gasteiger partial charge is 0.493 e. The molecule has 0 bridgehead atoms. The van der Waals surface area contributed by atoms with Gasteiger partial charge in [0.25, 0.3) is 5.91 Å². The molecule has 0 aliphatic carbocycles. The van der Waals surface area contributed by atoms with E-state index in [1.165, 1.54) is 33.4 Å². The van der Waals surface area contributed by atoms with Crippen molar-refractivity contribution in [1.82, 2.24) is 26.4 Å². The van der Waals surface area contributed by atoms with Crippen molar-refractivity contribution in [2.75, 3.05) is 35.0 Å². The van der Waals surface area contributed by atoms with Crippen LogP contribution in [0.1, 0.15) is 38.8 Å². The minimum Gasteiger partial charge on any atom is -0.493 e. The number of aliphatic hydroxyl groups is 1. The lowest BCUT2D eigenvalue weighted by atomic mass is 9.98. The Bertz CT molecular complexity index is 1310. The molecule has 14 heteroatoms. The van der Waals surface area contributed by atoms with Gasteiger partial charge in [-0.25, -0.2) is 14.6 Å². The number of nitrogens with zero attached hydrogens (tertiary/aromatic N) is 1. The number of hydrazine groups is 1. The number of methoxy groups -OCH3 is 4. The van der Waals surface area contributed by atoms with Crippen molar-refractivity contribution in [1.29, 1.82) is 0 Å². The van der Waals surface area contributed by atoms with Crippen LogP contribution < -0.4 is 30.8 Å². The zero-order chi connectivity index (χ0) is 35.1. The van der Waals surface area contributed by atoms with Gasteiger partial charge in [-0.2, -0.15) is 0 Å². The standard InChI is InChI=1S/C33H49N5O9/c1-20(2)28(35-32(42)46-7)30(40)34-24(16-22-12-10-9-11-13-22)25(39)19-38(18-23-14-15-26(44-5)27(17-23)45-6)37-31(41)29(21(3)4)36-33(43)47-8/h9-15,17,20-21,24-25,28-29,39H,16,18-19H2,1-8H3,(H,34,40)(H,35,42)(H,36,43)(H,37,41)/t24-,25-,28-,29-/m0/s1. The zero-order valence-electron chi connectivity index (χ0n) is 28.4.